The maximum Gasteiger partial charge on any atom is 0.140 e. The minimum absolute atomic E-state index is 0.319. The molecule has 1 fully saturated rings. The molecule has 3 aliphatic carbocycles. The van der Waals surface area contributed by atoms with E-state index in [0.29, 0.717) is 17.6 Å². The van der Waals surface area contributed by atoms with Crippen molar-refractivity contribution in [3.8, 4) is 0 Å². The van der Waals surface area contributed by atoms with Gasteiger partial charge in [-0.3, -0.25) is 4.79 Å². The van der Waals surface area contributed by atoms with E-state index >= 15 is 0 Å². The predicted molar refractivity (Wildman–Crippen MR) is 48.8 cm³/mol. The molecule has 0 aromatic rings. The molecular weight excluding hydrogens is 148 g/mol. The number of carbonyl (C=O) groups is 1. The molecule has 3 aliphatic rings. The minimum atomic E-state index is 0.319. The van der Waals surface area contributed by atoms with Crippen molar-refractivity contribution in [2.45, 2.75) is 39.5 Å². The van der Waals surface area contributed by atoms with E-state index in [4.69, 9.17) is 0 Å². The van der Waals surface area contributed by atoms with Crippen molar-refractivity contribution in [3.63, 3.8) is 0 Å². The Labute approximate surface area is 73.8 Å². The summed E-state index contributed by atoms with van der Waals surface area (Å²) < 4.78 is 0. The van der Waals surface area contributed by atoms with Crippen molar-refractivity contribution >= 4 is 5.78 Å². The van der Waals surface area contributed by atoms with Crippen LogP contribution in [0.3, 0.4) is 0 Å². The second-order valence-electron chi connectivity index (χ2n) is 4.06. The van der Waals surface area contributed by atoms with Gasteiger partial charge in [-0.05, 0) is 32.1 Å². The summed E-state index contributed by atoms with van der Waals surface area (Å²) in [5.41, 5.74) is 3.00. The Morgan fingerprint density at radius 1 is 1.42 bits per heavy atom. The van der Waals surface area contributed by atoms with Crippen LogP contribution in [-0.2, 0) is 4.79 Å². The van der Waals surface area contributed by atoms with E-state index < -0.39 is 0 Å². The summed E-state index contributed by atoms with van der Waals surface area (Å²) in [7, 11) is 0. The van der Waals surface area contributed by atoms with Gasteiger partial charge in [-0.15, -0.1) is 0 Å². The van der Waals surface area contributed by atoms with Crippen LogP contribution in [-0.4, -0.2) is 5.78 Å². The Balaban J connectivity index is 2.39. The third-order valence-electron chi connectivity index (χ3n) is 3.56. The number of Topliss-reactive ketones (excluding diaryl/α,β-unsaturated/α-hetero) is 1. The Bertz CT molecular complexity index is 250. The molecule has 0 heterocycles. The zero-order valence-electron chi connectivity index (χ0n) is 7.89. The van der Waals surface area contributed by atoms with Crippen LogP contribution in [0.25, 0.3) is 0 Å². The number of ketones is 1. The molecule has 0 saturated heterocycles. The van der Waals surface area contributed by atoms with Crippen molar-refractivity contribution in [2.75, 3.05) is 0 Å². The number of allylic oxidation sites excluding steroid dienone is 2. The Kier molecular flexibility index (Phi) is 1.82. The largest absolute Gasteiger partial charge is 0.299 e. The maximum atomic E-state index is 11.5. The summed E-state index contributed by atoms with van der Waals surface area (Å²) >= 11 is 0. The molecule has 1 heteroatoms. The normalized spacial score (nSPS) is 34.7. The second-order valence-corrected chi connectivity index (χ2v) is 4.06. The smallest absolute Gasteiger partial charge is 0.140 e. The van der Waals surface area contributed by atoms with Crippen LogP contribution in [0, 0.1) is 11.8 Å². The van der Waals surface area contributed by atoms with Gasteiger partial charge in [0.15, 0.2) is 0 Å². The van der Waals surface area contributed by atoms with Gasteiger partial charge < -0.3 is 0 Å². The van der Waals surface area contributed by atoms with Crippen molar-refractivity contribution in [2.24, 2.45) is 11.8 Å². The highest BCUT2D eigenvalue weighted by atomic mass is 16.1. The number of hydrogen-bond donors (Lipinski definition) is 0. The van der Waals surface area contributed by atoms with Gasteiger partial charge >= 0.3 is 0 Å². The van der Waals surface area contributed by atoms with E-state index in [1.807, 2.05) is 0 Å². The van der Waals surface area contributed by atoms with Gasteiger partial charge in [0.2, 0.25) is 0 Å². The SMILES string of the molecule is CCC1=C(C)[C@H]2CC[C@@H]1C(=O)C2. The second kappa shape index (κ2) is 2.72. The van der Waals surface area contributed by atoms with Crippen molar-refractivity contribution in [1.82, 2.24) is 0 Å². The lowest BCUT2D eigenvalue weighted by Crippen LogP contribution is -2.33. The molecule has 2 atom stereocenters. The van der Waals surface area contributed by atoms with Crippen molar-refractivity contribution in [3.05, 3.63) is 11.1 Å². The number of hydrogen-bond acceptors (Lipinski definition) is 1. The van der Waals surface area contributed by atoms with E-state index in [9.17, 15) is 4.79 Å². The molecule has 0 aliphatic heterocycles. The first-order chi connectivity index (χ1) is 5.74. The molecule has 66 valence electrons. The quantitative estimate of drug-likeness (QED) is 0.544. The Hall–Kier alpha value is -0.590. The average molecular weight is 164 g/mol. The Morgan fingerprint density at radius 3 is 2.67 bits per heavy atom. The zero-order valence-corrected chi connectivity index (χ0v) is 7.89. The van der Waals surface area contributed by atoms with Crippen LogP contribution >= 0.6 is 0 Å². The number of fused-ring (bicyclic) bond motifs is 2. The fourth-order valence-electron chi connectivity index (χ4n) is 2.82. The average Bonchev–Trinajstić information content (AvgIpc) is 2.07. The molecular formula is C11H16O. The number of carbonyl (C=O) groups excluding carboxylic acids is 1. The first-order valence-corrected chi connectivity index (χ1v) is 4.96. The summed E-state index contributed by atoms with van der Waals surface area (Å²) in [6.07, 6.45) is 4.30. The fraction of sp³-hybridized carbons (Fsp3) is 0.727. The standard InChI is InChI=1S/C11H16O/c1-3-9-7(2)8-4-5-10(9)11(12)6-8/h8,10H,3-6H2,1-2H3/t8-,10-/m0/s1. The van der Waals surface area contributed by atoms with Crippen LogP contribution < -0.4 is 0 Å². The molecule has 3 rings (SSSR count). The first kappa shape index (κ1) is 8.03. The van der Waals surface area contributed by atoms with Crippen LogP contribution in [0.4, 0.5) is 0 Å². The van der Waals surface area contributed by atoms with Gasteiger partial charge in [0.25, 0.3) is 0 Å². The van der Waals surface area contributed by atoms with E-state index in [2.05, 4.69) is 13.8 Å². The van der Waals surface area contributed by atoms with E-state index in [1.165, 1.54) is 17.6 Å². The van der Waals surface area contributed by atoms with Crippen molar-refractivity contribution < 1.29 is 4.79 Å². The molecule has 0 radical (unpaired) electrons. The molecule has 0 aromatic carbocycles. The monoisotopic (exact) mass is 164 g/mol. The lowest BCUT2D eigenvalue weighted by atomic mass is 9.66. The van der Waals surface area contributed by atoms with Gasteiger partial charge in [0.1, 0.15) is 5.78 Å². The molecule has 0 N–H and O–H groups in total. The van der Waals surface area contributed by atoms with E-state index in [1.54, 1.807) is 0 Å². The lowest BCUT2D eigenvalue weighted by Gasteiger charge is -2.37. The van der Waals surface area contributed by atoms with Gasteiger partial charge in [-0.25, -0.2) is 0 Å². The molecule has 0 unspecified atom stereocenters. The topological polar surface area (TPSA) is 17.1 Å². The van der Waals surface area contributed by atoms with E-state index in [0.717, 1.165) is 19.3 Å². The molecule has 0 amide bonds. The van der Waals surface area contributed by atoms with Gasteiger partial charge in [0.05, 0.1) is 0 Å². The van der Waals surface area contributed by atoms with Crippen LogP contribution in [0.1, 0.15) is 39.5 Å². The highest BCUT2D eigenvalue weighted by molar-refractivity contribution is 5.86. The maximum absolute atomic E-state index is 11.5. The summed E-state index contributed by atoms with van der Waals surface area (Å²) in [5, 5.41) is 0. The molecule has 0 aromatic heterocycles. The molecule has 12 heavy (non-hydrogen) atoms. The molecule has 2 bridgehead atoms. The van der Waals surface area contributed by atoms with Crippen LogP contribution in [0.2, 0.25) is 0 Å². The molecule has 1 nitrogen and oxygen atoms in total. The van der Waals surface area contributed by atoms with Crippen LogP contribution in [0.15, 0.2) is 11.1 Å². The highest BCUT2D eigenvalue weighted by Gasteiger charge is 2.37. The first-order valence-electron chi connectivity index (χ1n) is 4.96. The zero-order chi connectivity index (χ0) is 8.72. The van der Waals surface area contributed by atoms with E-state index in [-0.39, 0.29) is 0 Å². The summed E-state index contributed by atoms with van der Waals surface area (Å²) in [6, 6.07) is 0. The third-order valence-corrected chi connectivity index (χ3v) is 3.56. The summed E-state index contributed by atoms with van der Waals surface area (Å²) in [4.78, 5) is 11.5. The summed E-state index contributed by atoms with van der Waals surface area (Å²) in [5.74, 6) is 1.44. The fourth-order valence-corrected chi connectivity index (χ4v) is 2.82. The van der Waals surface area contributed by atoms with Gasteiger partial charge in [-0.2, -0.15) is 0 Å². The van der Waals surface area contributed by atoms with Crippen LogP contribution in [0.5, 0.6) is 0 Å². The highest BCUT2D eigenvalue weighted by Crippen LogP contribution is 2.43. The van der Waals surface area contributed by atoms with Gasteiger partial charge in [-0.1, -0.05) is 18.1 Å². The molecule has 0 spiro atoms. The minimum Gasteiger partial charge on any atom is -0.299 e. The molecule has 1 saturated carbocycles. The Morgan fingerprint density at radius 2 is 2.17 bits per heavy atom. The summed E-state index contributed by atoms with van der Waals surface area (Å²) in [6.45, 7) is 4.40. The van der Waals surface area contributed by atoms with Gasteiger partial charge in [0, 0.05) is 12.3 Å². The third kappa shape index (κ3) is 0.954. The van der Waals surface area contributed by atoms with Crippen molar-refractivity contribution in [1.29, 1.82) is 0 Å². The predicted octanol–water partition coefficient (Wildman–Crippen LogP) is 2.71. The number of rotatable bonds is 1. The lowest BCUT2D eigenvalue weighted by molar-refractivity contribution is -0.125.